The predicted molar refractivity (Wildman–Crippen MR) is 76.8 cm³/mol. The molecule has 0 amide bonds. The predicted octanol–water partition coefficient (Wildman–Crippen LogP) is 3.00. The van der Waals surface area contributed by atoms with Crippen LogP contribution in [0.5, 0.6) is 0 Å². The number of ketones is 1. The summed E-state index contributed by atoms with van der Waals surface area (Å²) in [5, 5.41) is 10.6. The van der Waals surface area contributed by atoms with Gasteiger partial charge in [0.05, 0.1) is 4.92 Å². The van der Waals surface area contributed by atoms with Crippen molar-refractivity contribution in [2.45, 2.75) is 6.92 Å². The topological polar surface area (TPSA) is 86.5 Å². The van der Waals surface area contributed by atoms with Crippen LogP contribution in [-0.4, -0.2) is 23.3 Å². The van der Waals surface area contributed by atoms with Crippen molar-refractivity contribution in [3.05, 3.63) is 61.8 Å². The molecule has 7 heteroatoms. The van der Waals surface area contributed by atoms with Gasteiger partial charge in [-0.2, -0.15) is 0 Å². The van der Waals surface area contributed by atoms with Crippen molar-refractivity contribution in [2.24, 2.45) is 0 Å². The van der Waals surface area contributed by atoms with E-state index in [0.717, 1.165) is 10.9 Å². The fourth-order valence-electron chi connectivity index (χ4n) is 1.62. The van der Waals surface area contributed by atoms with Gasteiger partial charge in [0.1, 0.15) is 4.88 Å². The molecule has 0 saturated carbocycles. The van der Waals surface area contributed by atoms with E-state index in [2.05, 4.69) is 0 Å². The van der Waals surface area contributed by atoms with Gasteiger partial charge in [-0.15, -0.1) is 11.3 Å². The second-order valence-electron chi connectivity index (χ2n) is 4.22. The number of rotatable bonds is 5. The SMILES string of the molecule is Cc1ccc(C(=O)OCC(=O)c2cccc([N+](=O)[O-])c2)s1. The minimum absolute atomic E-state index is 0.138. The van der Waals surface area contributed by atoms with Crippen molar-refractivity contribution < 1.29 is 19.2 Å². The molecule has 0 aliphatic heterocycles. The highest BCUT2D eigenvalue weighted by molar-refractivity contribution is 7.13. The van der Waals surface area contributed by atoms with E-state index in [0.29, 0.717) is 4.88 Å². The minimum Gasteiger partial charge on any atom is -0.453 e. The van der Waals surface area contributed by atoms with Crippen LogP contribution < -0.4 is 0 Å². The van der Waals surface area contributed by atoms with Gasteiger partial charge >= 0.3 is 5.97 Å². The summed E-state index contributed by atoms with van der Waals surface area (Å²) in [4.78, 5) is 35.0. The summed E-state index contributed by atoms with van der Waals surface area (Å²) in [5.41, 5.74) is -0.0413. The Morgan fingerprint density at radius 3 is 2.67 bits per heavy atom. The van der Waals surface area contributed by atoms with Crippen molar-refractivity contribution in [1.82, 2.24) is 0 Å². The van der Waals surface area contributed by atoms with Crippen molar-refractivity contribution in [3.63, 3.8) is 0 Å². The maximum absolute atomic E-state index is 11.9. The molecule has 0 atom stereocenters. The fourth-order valence-corrected chi connectivity index (χ4v) is 2.38. The van der Waals surface area contributed by atoms with Gasteiger partial charge < -0.3 is 4.74 Å². The maximum atomic E-state index is 11.9. The van der Waals surface area contributed by atoms with Crippen molar-refractivity contribution in [3.8, 4) is 0 Å². The van der Waals surface area contributed by atoms with E-state index in [1.54, 1.807) is 12.1 Å². The molecule has 1 heterocycles. The Kier molecular flexibility index (Phi) is 4.44. The highest BCUT2D eigenvalue weighted by Crippen LogP contribution is 2.17. The van der Waals surface area contributed by atoms with Gasteiger partial charge in [0, 0.05) is 22.6 Å². The summed E-state index contributed by atoms with van der Waals surface area (Å²) in [6, 6.07) is 8.71. The summed E-state index contributed by atoms with van der Waals surface area (Å²) in [6.07, 6.45) is 0. The number of aryl methyl sites for hydroxylation is 1. The smallest absolute Gasteiger partial charge is 0.348 e. The van der Waals surface area contributed by atoms with Gasteiger partial charge in [0.25, 0.3) is 5.69 Å². The lowest BCUT2D eigenvalue weighted by atomic mass is 10.1. The molecular weight excluding hydrogens is 294 g/mol. The lowest BCUT2D eigenvalue weighted by molar-refractivity contribution is -0.384. The van der Waals surface area contributed by atoms with Crippen LogP contribution in [0.3, 0.4) is 0 Å². The lowest BCUT2D eigenvalue weighted by Crippen LogP contribution is -2.13. The minimum atomic E-state index is -0.586. The van der Waals surface area contributed by atoms with Crippen LogP contribution in [-0.2, 0) is 4.74 Å². The van der Waals surface area contributed by atoms with Gasteiger partial charge in [-0.25, -0.2) is 4.79 Å². The first-order valence-electron chi connectivity index (χ1n) is 5.98. The van der Waals surface area contributed by atoms with Crippen LogP contribution in [0.4, 0.5) is 5.69 Å². The number of hydrogen-bond acceptors (Lipinski definition) is 6. The highest BCUT2D eigenvalue weighted by atomic mass is 32.1. The first kappa shape index (κ1) is 14.9. The number of ether oxygens (including phenoxy) is 1. The summed E-state index contributed by atoms with van der Waals surface area (Å²) in [7, 11) is 0. The Balaban J connectivity index is 2.00. The highest BCUT2D eigenvalue weighted by Gasteiger charge is 2.15. The molecule has 0 unspecified atom stereocenters. The standard InChI is InChI=1S/C14H11NO5S/c1-9-5-6-13(21-9)14(17)20-8-12(16)10-3-2-4-11(7-10)15(18)19/h2-7H,8H2,1H3. The number of Topliss-reactive ketones (excluding diaryl/α,β-unsaturated/α-hetero) is 1. The Bertz CT molecular complexity index is 707. The molecule has 0 aliphatic carbocycles. The van der Waals surface area contributed by atoms with Gasteiger partial charge in [-0.05, 0) is 19.1 Å². The van der Waals surface area contributed by atoms with E-state index in [9.17, 15) is 19.7 Å². The molecule has 0 aliphatic rings. The van der Waals surface area contributed by atoms with Gasteiger partial charge in [-0.1, -0.05) is 12.1 Å². The van der Waals surface area contributed by atoms with Crippen molar-refractivity contribution in [1.29, 1.82) is 0 Å². The molecule has 108 valence electrons. The third kappa shape index (κ3) is 3.73. The number of carbonyl (C=O) groups is 2. The number of nitro benzene ring substituents is 1. The van der Waals surface area contributed by atoms with Crippen LogP contribution in [0, 0.1) is 17.0 Å². The molecule has 2 aromatic rings. The molecule has 2 rings (SSSR count). The summed E-state index contributed by atoms with van der Waals surface area (Å²) in [6.45, 7) is 1.41. The molecule has 0 radical (unpaired) electrons. The van der Waals surface area contributed by atoms with Gasteiger partial charge in [0.2, 0.25) is 5.78 Å². The van der Waals surface area contributed by atoms with E-state index in [1.807, 2.05) is 6.92 Å². The van der Waals surface area contributed by atoms with Crippen molar-refractivity contribution >= 4 is 28.8 Å². The average Bonchev–Trinajstić information content (AvgIpc) is 2.91. The molecular formula is C14H11NO5S. The van der Waals surface area contributed by atoms with E-state index >= 15 is 0 Å². The Labute approximate surface area is 124 Å². The number of thiophene rings is 1. The Morgan fingerprint density at radius 2 is 2.05 bits per heavy atom. The molecule has 0 fully saturated rings. The van der Waals surface area contributed by atoms with E-state index in [4.69, 9.17) is 4.74 Å². The first-order chi connectivity index (χ1) is 9.97. The molecule has 0 spiro atoms. The molecule has 6 nitrogen and oxygen atoms in total. The van der Waals surface area contributed by atoms with Crippen molar-refractivity contribution in [2.75, 3.05) is 6.61 Å². The average molecular weight is 305 g/mol. The van der Waals surface area contributed by atoms with E-state index in [1.165, 1.54) is 29.5 Å². The van der Waals surface area contributed by atoms with Gasteiger partial charge in [0.15, 0.2) is 6.61 Å². The Morgan fingerprint density at radius 1 is 1.29 bits per heavy atom. The van der Waals surface area contributed by atoms with Gasteiger partial charge in [-0.3, -0.25) is 14.9 Å². The van der Waals surface area contributed by atoms with Crippen LogP contribution in [0.1, 0.15) is 24.9 Å². The lowest BCUT2D eigenvalue weighted by Gasteiger charge is -2.03. The third-order valence-corrected chi connectivity index (χ3v) is 3.64. The summed E-state index contributed by atoms with van der Waals surface area (Å²) < 4.78 is 4.91. The van der Waals surface area contributed by atoms with Crippen LogP contribution in [0.25, 0.3) is 0 Å². The quantitative estimate of drug-likeness (QED) is 0.367. The zero-order valence-corrected chi connectivity index (χ0v) is 11.9. The molecule has 0 bridgehead atoms. The maximum Gasteiger partial charge on any atom is 0.348 e. The number of hydrogen-bond donors (Lipinski definition) is 0. The Hall–Kier alpha value is -2.54. The normalized spacial score (nSPS) is 10.1. The molecule has 1 aromatic heterocycles. The first-order valence-corrected chi connectivity index (χ1v) is 6.80. The summed E-state index contributed by atoms with van der Waals surface area (Å²) >= 11 is 1.27. The third-order valence-electron chi connectivity index (χ3n) is 2.65. The summed E-state index contributed by atoms with van der Waals surface area (Å²) in [5.74, 6) is -1.06. The number of non-ortho nitro benzene ring substituents is 1. The zero-order chi connectivity index (χ0) is 15.4. The fraction of sp³-hybridized carbons (Fsp3) is 0.143. The number of benzene rings is 1. The molecule has 1 aromatic carbocycles. The monoisotopic (exact) mass is 305 g/mol. The van der Waals surface area contributed by atoms with Crippen LogP contribution >= 0.6 is 11.3 Å². The molecule has 0 N–H and O–H groups in total. The second-order valence-corrected chi connectivity index (χ2v) is 5.50. The van der Waals surface area contributed by atoms with Crippen LogP contribution in [0.15, 0.2) is 36.4 Å². The molecule has 0 saturated heterocycles. The number of nitrogens with zero attached hydrogens (tertiary/aromatic N) is 1. The molecule has 21 heavy (non-hydrogen) atoms. The largest absolute Gasteiger partial charge is 0.453 e. The van der Waals surface area contributed by atoms with Crippen LogP contribution in [0.2, 0.25) is 0 Å². The second kappa shape index (κ2) is 6.27. The number of nitro groups is 1. The number of carbonyl (C=O) groups excluding carboxylic acids is 2. The number of esters is 1. The zero-order valence-electron chi connectivity index (χ0n) is 11.1. The van der Waals surface area contributed by atoms with E-state index < -0.39 is 23.3 Å². The van der Waals surface area contributed by atoms with E-state index in [-0.39, 0.29) is 11.3 Å².